The van der Waals surface area contributed by atoms with Gasteiger partial charge in [0.1, 0.15) is 5.76 Å². The Kier molecular flexibility index (Phi) is 4.15. The number of carbonyl (C=O) groups excluding carboxylic acids is 1. The molecule has 1 amide bonds. The second-order valence-corrected chi connectivity index (χ2v) is 6.48. The van der Waals surface area contributed by atoms with Crippen molar-refractivity contribution < 1.29 is 9.21 Å². The van der Waals surface area contributed by atoms with Crippen LogP contribution < -0.4 is 5.32 Å². The summed E-state index contributed by atoms with van der Waals surface area (Å²) in [5, 5.41) is 3.04. The van der Waals surface area contributed by atoms with Gasteiger partial charge in [0.2, 0.25) is 5.91 Å². The average molecular weight is 348 g/mol. The Morgan fingerprint density at radius 1 is 1.24 bits per heavy atom. The van der Waals surface area contributed by atoms with Crippen LogP contribution in [-0.2, 0) is 16.8 Å². The molecule has 1 saturated carbocycles. The highest BCUT2D eigenvalue weighted by molar-refractivity contribution is 9.10. The Morgan fingerprint density at radius 2 is 2.05 bits per heavy atom. The Bertz CT molecular complexity index is 615. The second-order valence-electron chi connectivity index (χ2n) is 5.56. The molecule has 2 aromatic rings. The first-order valence-electron chi connectivity index (χ1n) is 7.27. The monoisotopic (exact) mass is 347 g/mol. The molecule has 0 spiro atoms. The van der Waals surface area contributed by atoms with Gasteiger partial charge in [-0.25, -0.2) is 0 Å². The van der Waals surface area contributed by atoms with Crippen molar-refractivity contribution in [2.24, 2.45) is 0 Å². The zero-order valence-electron chi connectivity index (χ0n) is 11.8. The lowest BCUT2D eigenvalue weighted by Crippen LogP contribution is -2.42. The number of halogens is 1. The summed E-state index contributed by atoms with van der Waals surface area (Å²) >= 11 is 3.51. The minimum atomic E-state index is -0.392. The van der Waals surface area contributed by atoms with Crippen LogP contribution in [-0.4, -0.2) is 5.91 Å². The van der Waals surface area contributed by atoms with Crippen molar-refractivity contribution in [2.45, 2.75) is 37.6 Å². The van der Waals surface area contributed by atoms with E-state index < -0.39 is 5.41 Å². The fraction of sp³-hybridized carbons (Fsp3) is 0.353. The standard InChI is InChI=1S/C17H18BrNO2/c18-14-6-3-5-13(11-14)17(8-1-2-9-17)16(20)19-12-15-7-4-10-21-15/h3-7,10-11H,1-2,8-9,12H2,(H,19,20). The molecular formula is C17H18BrNO2. The molecule has 0 radical (unpaired) electrons. The molecule has 1 aliphatic carbocycles. The summed E-state index contributed by atoms with van der Waals surface area (Å²) in [6, 6.07) is 11.8. The number of amides is 1. The lowest BCUT2D eigenvalue weighted by Gasteiger charge is -2.28. The predicted molar refractivity (Wildman–Crippen MR) is 84.8 cm³/mol. The maximum Gasteiger partial charge on any atom is 0.231 e. The number of benzene rings is 1. The van der Waals surface area contributed by atoms with E-state index in [-0.39, 0.29) is 5.91 Å². The van der Waals surface area contributed by atoms with Crippen molar-refractivity contribution >= 4 is 21.8 Å². The highest BCUT2D eigenvalue weighted by Crippen LogP contribution is 2.42. The van der Waals surface area contributed by atoms with Crippen LogP contribution in [0.15, 0.2) is 51.6 Å². The van der Waals surface area contributed by atoms with E-state index in [0.717, 1.165) is 41.5 Å². The first kappa shape index (κ1) is 14.4. The number of carbonyl (C=O) groups is 1. The Labute approximate surface area is 132 Å². The largest absolute Gasteiger partial charge is 0.467 e. The molecule has 1 heterocycles. The normalized spacial score (nSPS) is 16.8. The molecular weight excluding hydrogens is 330 g/mol. The maximum absolute atomic E-state index is 12.8. The van der Waals surface area contributed by atoms with Gasteiger partial charge >= 0.3 is 0 Å². The summed E-state index contributed by atoms with van der Waals surface area (Å²) < 4.78 is 6.30. The fourth-order valence-corrected chi connectivity index (χ4v) is 3.56. The van der Waals surface area contributed by atoms with Gasteiger partial charge < -0.3 is 9.73 Å². The van der Waals surface area contributed by atoms with E-state index in [1.54, 1.807) is 6.26 Å². The third-order valence-electron chi connectivity index (χ3n) is 4.27. The molecule has 1 aliphatic rings. The van der Waals surface area contributed by atoms with Crippen LogP contribution in [0.2, 0.25) is 0 Å². The molecule has 3 nitrogen and oxygen atoms in total. The van der Waals surface area contributed by atoms with Gasteiger partial charge in [0, 0.05) is 4.47 Å². The summed E-state index contributed by atoms with van der Waals surface area (Å²) in [6.07, 6.45) is 5.64. The van der Waals surface area contributed by atoms with Crippen molar-refractivity contribution in [2.75, 3.05) is 0 Å². The van der Waals surface area contributed by atoms with Crippen molar-refractivity contribution in [1.82, 2.24) is 5.32 Å². The topological polar surface area (TPSA) is 42.2 Å². The SMILES string of the molecule is O=C(NCc1ccco1)C1(c2cccc(Br)c2)CCCC1. The fourth-order valence-electron chi connectivity index (χ4n) is 3.16. The molecule has 21 heavy (non-hydrogen) atoms. The van der Waals surface area contributed by atoms with Crippen LogP contribution in [0, 0.1) is 0 Å². The molecule has 110 valence electrons. The van der Waals surface area contributed by atoms with E-state index in [2.05, 4.69) is 33.4 Å². The lowest BCUT2D eigenvalue weighted by molar-refractivity contribution is -0.126. The van der Waals surface area contributed by atoms with Crippen LogP contribution in [0.3, 0.4) is 0 Å². The highest BCUT2D eigenvalue weighted by Gasteiger charge is 2.42. The molecule has 1 fully saturated rings. The first-order valence-corrected chi connectivity index (χ1v) is 8.07. The lowest BCUT2D eigenvalue weighted by atomic mass is 9.78. The van der Waals surface area contributed by atoms with Gasteiger partial charge in [-0.15, -0.1) is 0 Å². The third kappa shape index (κ3) is 2.91. The molecule has 1 aromatic carbocycles. The van der Waals surface area contributed by atoms with Crippen molar-refractivity contribution in [3.63, 3.8) is 0 Å². The van der Waals surface area contributed by atoms with E-state index in [1.807, 2.05) is 24.3 Å². The highest BCUT2D eigenvalue weighted by atomic mass is 79.9. The van der Waals surface area contributed by atoms with Crippen LogP contribution in [0.5, 0.6) is 0 Å². The van der Waals surface area contributed by atoms with Gasteiger partial charge in [-0.1, -0.05) is 40.9 Å². The molecule has 0 atom stereocenters. The first-order chi connectivity index (χ1) is 10.2. The number of hydrogen-bond acceptors (Lipinski definition) is 2. The molecule has 4 heteroatoms. The van der Waals surface area contributed by atoms with Crippen LogP contribution in [0.4, 0.5) is 0 Å². The Morgan fingerprint density at radius 3 is 2.71 bits per heavy atom. The van der Waals surface area contributed by atoms with E-state index in [1.165, 1.54) is 0 Å². The molecule has 0 unspecified atom stereocenters. The van der Waals surface area contributed by atoms with Crippen molar-refractivity contribution in [3.8, 4) is 0 Å². The van der Waals surface area contributed by atoms with Gasteiger partial charge in [0.15, 0.2) is 0 Å². The van der Waals surface area contributed by atoms with Crippen molar-refractivity contribution in [1.29, 1.82) is 0 Å². The van der Waals surface area contributed by atoms with Gasteiger partial charge in [-0.3, -0.25) is 4.79 Å². The zero-order chi connectivity index (χ0) is 14.7. The molecule has 3 rings (SSSR count). The molecule has 0 aliphatic heterocycles. The number of nitrogens with one attached hydrogen (secondary N) is 1. The average Bonchev–Trinajstić information content (AvgIpc) is 3.17. The van der Waals surface area contributed by atoms with Crippen LogP contribution in [0.25, 0.3) is 0 Å². The number of rotatable bonds is 4. The number of hydrogen-bond donors (Lipinski definition) is 1. The predicted octanol–water partition coefficient (Wildman–Crippen LogP) is 4.17. The van der Waals surface area contributed by atoms with Crippen molar-refractivity contribution in [3.05, 3.63) is 58.5 Å². The summed E-state index contributed by atoms with van der Waals surface area (Å²) in [6.45, 7) is 0.446. The van der Waals surface area contributed by atoms with Crippen LogP contribution in [0.1, 0.15) is 37.0 Å². The minimum Gasteiger partial charge on any atom is -0.467 e. The number of furan rings is 1. The van der Waals surface area contributed by atoms with E-state index in [9.17, 15) is 4.79 Å². The van der Waals surface area contributed by atoms with Gasteiger partial charge in [0.25, 0.3) is 0 Å². The zero-order valence-corrected chi connectivity index (χ0v) is 13.4. The molecule has 0 saturated heterocycles. The smallest absolute Gasteiger partial charge is 0.231 e. The third-order valence-corrected chi connectivity index (χ3v) is 4.77. The minimum absolute atomic E-state index is 0.106. The van der Waals surface area contributed by atoms with Gasteiger partial charge in [-0.2, -0.15) is 0 Å². The molecule has 1 N–H and O–H groups in total. The van der Waals surface area contributed by atoms with E-state index in [0.29, 0.717) is 6.54 Å². The Hall–Kier alpha value is -1.55. The molecule has 0 bridgehead atoms. The maximum atomic E-state index is 12.8. The summed E-state index contributed by atoms with van der Waals surface area (Å²) in [5.41, 5.74) is 0.711. The molecule has 1 aromatic heterocycles. The van der Waals surface area contributed by atoms with Crippen LogP contribution >= 0.6 is 15.9 Å². The van der Waals surface area contributed by atoms with E-state index in [4.69, 9.17) is 4.42 Å². The second kappa shape index (κ2) is 6.06. The van der Waals surface area contributed by atoms with E-state index >= 15 is 0 Å². The van der Waals surface area contributed by atoms with Gasteiger partial charge in [0.05, 0.1) is 18.2 Å². The van der Waals surface area contributed by atoms with Gasteiger partial charge in [-0.05, 0) is 42.7 Å². The summed E-state index contributed by atoms with van der Waals surface area (Å²) in [4.78, 5) is 12.8. The Balaban J connectivity index is 1.81. The summed E-state index contributed by atoms with van der Waals surface area (Å²) in [5.74, 6) is 0.889. The summed E-state index contributed by atoms with van der Waals surface area (Å²) in [7, 11) is 0. The quantitative estimate of drug-likeness (QED) is 0.901.